The fourth-order valence-corrected chi connectivity index (χ4v) is 4.15. The van der Waals surface area contributed by atoms with E-state index in [4.69, 9.17) is 4.98 Å². The molecule has 4 rings (SSSR count). The Hall–Kier alpha value is -2.32. The zero-order valence-corrected chi connectivity index (χ0v) is 15.9. The maximum absolute atomic E-state index is 4.75. The van der Waals surface area contributed by atoms with Crippen LogP contribution in [0.4, 0.5) is 10.9 Å². The summed E-state index contributed by atoms with van der Waals surface area (Å²) >= 11 is 1.59. The summed E-state index contributed by atoms with van der Waals surface area (Å²) < 4.78 is 0. The number of hydrogen-bond donors (Lipinski definition) is 2. The molecule has 1 aliphatic rings. The summed E-state index contributed by atoms with van der Waals surface area (Å²) in [6.07, 6.45) is 7.19. The van der Waals surface area contributed by atoms with Crippen LogP contribution < -0.4 is 5.32 Å². The van der Waals surface area contributed by atoms with Gasteiger partial charge in [-0.3, -0.25) is 4.90 Å². The Labute approximate surface area is 156 Å². The van der Waals surface area contributed by atoms with Gasteiger partial charge in [-0.05, 0) is 33.2 Å². The van der Waals surface area contributed by atoms with Crippen molar-refractivity contribution < 1.29 is 0 Å². The number of hydrogen-bond acceptors (Lipinski definition) is 7. The lowest BCUT2D eigenvalue weighted by atomic mass is 9.98. The van der Waals surface area contributed by atoms with Crippen LogP contribution in [0, 0.1) is 13.8 Å². The number of aromatic amines is 1. The molecule has 0 bridgehead atoms. The van der Waals surface area contributed by atoms with E-state index in [1.165, 1.54) is 12.8 Å². The summed E-state index contributed by atoms with van der Waals surface area (Å²) in [5.74, 6) is 1.60. The molecule has 3 aromatic rings. The summed E-state index contributed by atoms with van der Waals surface area (Å²) in [5.41, 5.74) is 3.23. The predicted octanol–water partition coefficient (Wildman–Crippen LogP) is 3.74. The average Bonchev–Trinajstić information content (AvgIpc) is 3.27. The van der Waals surface area contributed by atoms with Gasteiger partial charge in [-0.25, -0.2) is 19.9 Å². The molecule has 4 heterocycles. The van der Waals surface area contributed by atoms with E-state index in [1.807, 2.05) is 25.4 Å². The zero-order valence-electron chi connectivity index (χ0n) is 15.1. The molecule has 136 valence electrons. The van der Waals surface area contributed by atoms with Gasteiger partial charge >= 0.3 is 0 Å². The van der Waals surface area contributed by atoms with Crippen molar-refractivity contribution >= 4 is 22.3 Å². The van der Waals surface area contributed by atoms with Gasteiger partial charge in [0.1, 0.15) is 11.6 Å². The third-order valence-electron chi connectivity index (χ3n) is 4.60. The minimum Gasteiger partial charge on any atom is -0.347 e. The third-order valence-corrected chi connectivity index (χ3v) is 5.47. The van der Waals surface area contributed by atoms with Crippen molar-refractivity contribution in [1.82, 2.24) is 29.8 Å². The van der Waals surface area contributed by atoms with Gasteiger partial charge in [0.15, 0.2) is 5.13 Å². The van der Waals surface area contributed by atoms with Crippen LogP contribution in [0.2, 0.25) is 0 Å². The molecule has 8 heteroatoms. The van der Waals surface area contributed by atoms with Crippen molar-refractivity contribution in [1.29, 1.82) is 0 Å². The average molecular weight is 369 g/mol. The molecule has 1 fully saturated rings. The summed E-state index contributed by atoms with van der Waals surface area (Å²) in [7, 11) is 0. The first-order valence-corrected chi connectivity index (χ1v) is 9.81. The molecule has 0 saturated carbocycles. The SMILES string of the molecule is Cc1csc(Nc2cc(C3CCCCN3Cc3cnc[nH]3)nc(C)n2)n1. The molecular weight excluding hydrogens is 346 g/mol. The van der Waals surface area contributed by atoms with Crippen molar-refractivity contribution in [3.63, 3.8) is 0 Å². The molecular formula is C18H23N7S. The number of likely N-dealkylation sites (tertiary alicyclic amines) is 1. The molecule has 1 unspecified atom stereocenters. The summed E-state index contributed by atoms with van der Waals surface area (Å²) in [5, 5.41) is 6.22. The summed E-state index contributed by atoms with van der Waals surface area (Å²) in [6, 6.07) is 2.37. The van der Waals surface area contributed by atoms with E-state index in [0.29, 0.717) is 6.04 Å². The Morgan fingerprint density at radius 3 is 2.96 bits per heavy atom. The Morgan fingerprint density at radius 1 is 1.27 bits per heavy atom. The summed E-state index contributed by atoms with van der Waals surface area (Å²) in [6.45, 7) is 5.88. The van der Waals surface area contributed by atoms with E-state index in [1.54, 1.807) is 17.7 Å². The van der Waals surface area contributed by atoms with Crippen LogP contribution in [-0.4, -0.2) is 36.4 Å². The van der Waals surface area contributed by atoms with Gasteiger partial charge in [0.25, 0.3) is 0 Å². The van der Waals surface area contributed by atoms with Crippen LogP contribution in [0.5, 0.6) is 0 Å². The minimum atomic E-state index is 0.298. The van der Waals surface area contributed by atoms with Gasteiger partial charge in [-0.15, -0.1) is 11.3 Å². The number of aromatic nitrogens is 5. The molecule has 1 atom stereocenters. The highest BCUT2D eigenvalue weighted by atomic mass is 32.1. The Bertz CT molecular complexity index is 858. The number of piperidine rings is 1. The standard InChI is InChI=1S/C18H23N7S/c1-12-10-26-18(21-12)24-17-7-15(22-13(2)23-17)16-5-3-4-6-25(16)9-14-8-19-11-20-14/h7-8,10-11,16H,3-6,9H2,1-2H3,(H,19,20)(H,21,22,23,24). The Morgan fingerprint density at radius 2 is 2.19 bits per heavy atom. The van der Waals surface area contributed by atoms with Crippen LogP contribution in [0.15, 0.2) is 24.0 Å². The van der Waals surface area contributed by atoms with Gasteiger partial charge in [0.05, 0.1) is 23.8 Å². The number of nitrogens with zero attached hydrogens (tertiary/aromatic N) is 5. The minimum absolute atomic E-state index is 0.298. The fraction of sp³-hybridized carbons (Fsp3) is 0.444. The smallest absolute Gasteiger partial charge is 0.188 e. The maximum atomic E-state index is 4.75. The van der Waals surface area contributed by atoms with Crippen LogP contribution >= 0.6 is 11.3 Å². The number of anilines is 2. The number of aryl methyl sites for hydroxylation is 2. The van der Waals surface area contributed by atoms with E-state index in [-0.39, 0.29) is 0 Å². The second-order valence-electron chi connectivity index (χ2n) is 6.70. The number of imidazole rings is 1. The highest BCUT2D eigenvalue weighted by Crippen LogP contribution is 2.32. The van der Waals surface area contributed by atoms with E-state index in [2.05, 4.69) is 36.2 Å². The summed E-state index contributed by atoms with van der Waals surface area (Å²) in [4.78, 5) is 23.6. The third kappa shape index (κ3) is 3.91. The van der Waals surface area contributed by atoms with Crippen LogP contribution in [-0.2, 0) is 6.54 Å². The van der Waals surface area contributed by atoms with Crippen LogP contribution in [0.3, 0.4) is 0 Å². The second kappa shape index (κ2) is 7.51. The Balaban J connectivity index is 1.58. The lowest BCUT2D eigenvalue weighted by molar-refractivity contribution is 0.135. The van der Waals surface area contributed by atoms with Crippen molar-refractivity contribution in [3.8, 4) is 0 Å². The first-order chi connectivity index (χ1) is 12.7. The lowest BCUT2D eigenvalue weighted by Crippen LogP contribution is -2.33. The topological polar surface area (TPSA) is 82.6 Å². The van der Waals surface area contributed by atoms with Crippen molar-refractivity contribution in [2.45, 2.75) is 45.7 Å². The predicted molar refractivity (Wildman–Crippen MR) is 102 cm³/mol. The molecule has 0 aliphatic carbocycles. The van der Waals surface area contributed by atoms with Gasteiger partial charge in [-0.1, -0.05) is 6.42 Å². The molecule has 26 heavy (non-hydrogen) atoms. The van der Waals surface area contributed by atoms with Crippen LogP contribution in [0.25, 0.3) is 0 Å². The van der Waals surface area contributed by atoms with Crippen molar-refractivity contribution in [2.24, 2.45) is 0 Å². The van der Waals surface area contributed by atoms with Gasteiger partial charge < -0.3 is 10.3 Å². The molecule has 1 aliphatic heterocycles. The maximum Gasteiger partial charge on any atom is 0.188 e. The monoisotopic (exact) mass is 369 g/mol. The normalized spacial score (nSPS) is 18.2. The van der Waals surface area contributed by atoms with Crippen molar-refractivity contribution in [2.75, 3.05) is 11.9 Å². The second-order valence-corrected chi connectivity index (χ2v) is 7.56. The molecule has 7 nitrogen and oxygen atoms in total. The largest absolute Gasteiger partial charge is 0.347 e. The van der Waals surface area contributed by atoms with Gasteiger partial charge in [0, 0.05) is 29.9 Å². The van der Waals surface area contributed by atoms with Crippen LogP contribution in [0.1, 0.15) is 48.2 Å². The van der Waals surface area contributed by atoms with Gasteiger partial charge in [0.2, 0.25) is 0 Å². The first kappa shape index (κ1) is 17.1. The molecule has 0 spiro atoms. The van der Waals surface area contributed by atoms with E-state index in [9.17, 15) is 0 Å². The lowest BCUT2D eigenvalue weighted by Gasteiger charge is -2.35. The van der Waals surface area contributed by atoms with E-state index >= 15 is 0 Å². The number of thiazole rings is 1. The number of H-pyrrole nitrogens is 1. The molecule has 0 radical (unpaired) electrons. The highest BCUT2D eigenvalue weighted by Gasteiger charge is 2.26. The zero-order chi connectivity index (χ0) is 17.9. The highest BCUT2D eigenvalue weighted by molar-refractivity contribution is 7.13. The fourth-order valence-electron chi connectivity index (χ4n) is 3.45. The molecule has 3 aromatic heterocycles. The molecule has 2 N–H and O–H groups in total. The van der Waals surface area contributed by atoms with E-state index < -0.39 is 0 Å². The van der Waals surface area contributed by atoms with Crippen molar-refractivity contribution in [3.05, 3.63) is 46.9 Å². The molecule has 0 amide bonds. The number of rotatable bonds is 5. The van der Waals surface area contributed by atoms with Gasteiger partial charge in [-0.2, -0.15) is 0 Å². The quantitative estimate of drug-likeness (QED) is 0.713. The molecule has 0 aromatic carbocycles. The van der Waals surface area contributed by atoms with E-state index in [0.717, 1.165) is 53.4 Å². The number of nitrogens with one attached hydrogen (secondary N) is 2. The molecule has 1 saturated heterocycles. The first-order valence-electron chi connectivity index (χ1n) is 8.93. The Kier molecular flexibility index (Phi) is 4.94.